The fourth-order valence-corrected chi connectivity index (χ4v) is 2.79. The monoisotopic (exact) mass is 327 g/mol. The maximum Gasteiger partial charge on any atom is 0.244 e. The molecule has 5 nitrogen and oxygen atoms in total. The molecular formula is C17H13NO4S. The Kier molecular flexibility index (Phi) is 4.54. The fourth-order valence-electron chi connectivity index (χ4n) is 1.90. The number of nitrogens with one attached hydrogen (secondary N) is 1. The lowest BCUT2D eigenvalue weighted by molar-refractivity contribution is -0.116. The summed E-state index contributed by atoms with van der Waals surface area (Å²) in [4.78, 5) is 25.3. The van der Waals surface area contributed by atoms with Crippen molar-refractivity contribution in [3.05, 3.63) is 76.3 Å². The molecule has 3 aromatic rings. The van der Waals surface area contributed by atoms with Crippen molar-refractivity contribution in [2.45, 2.75) is 6.54 Å². The zero-order chi connectivity index (χ0) is 16.1. The third kappa shape index (κ3) is 3.87. The SMILES string of the molecule is O=C(/C=C/c1ccco1)NCc1ccc(C(=O)c2ccco2)s1. The summed E-state index contributed by atoms with van der Waals surface area (Å²) in [6.45, 7) is 0.359. The van der Waals surface area contributed by atoms with Crippen LogP contribution in [0.25, 0.3) is 6.08 Å². The first kappa shape index (κ1) is 15.1. The number of furan rings is 2. The molecule has 0 radical (unpaired) electrons. The minimum Gasteiger partial charge on any atom is -0.465 e. The van der Waals surface area contributed by atoms with Gasteiger partial charge in [0.1, 0.15) is 5.76 Å². The fraction of sp³-hybridized carbons (Fsp3) is 0.0588. The summed E-state index contributed by atoms with van der Waals surface area (Å²) in [5.74, 6) is 0.537. The number of thiophene rings is 1. The Morgan fingerprint density at radius 3 is 2.65 bits per heavy atom. The average Bonchev–Trinajstić information content (AvgIpc) is 3.33. The molecule has 0 aliphatic carbocycles. The molecule has 1 N–H and O–H groups in total. The Morgan fingerprint density at radius 1 is 1.09 bits per heavy atom. The first-order valence-corrected chi connectivity index (χ1v) is 7.70. The molecule has 6 heteroatoms. The molecule has 116 valence electrons. The van der Waals surface area contributed by atoms with Gasteiger partial charge >= 0.3 is 0 Å². The van der Waals surface area contributed by atoms with Gasteiger partial charge in [-0.3, -0.25) is 9.59 Å². The highest BCUT2D eigenvalue weighted by atomic mass is 32.1. The van der Waals surface area contributed by atoms with E-state index >= 15 is 0 Å². The molecule has 0 saturated carbocycles. The van der Waals surface area contributed by atoms with E-state index in [-0.39, 0.29) is 11.7 Å². The average molecular weight is 327 g/mol. The third-order valence-corrected chi connectivity index (χ3v) is 4.09. The van der Waals surface area contributed by atoms with Gasteiger partial charge in [-0.05, 0) is 42.5 Å². The molecule has 0 spiro atoms. The number of ketones is 1. The summed E-state index contributed by atoms with van der Waals surface area (Å²) in [5.41, 5.74) is 0. The standard InChI is InChI=1S/C17H13NO4S/c19-16(8-5-12-3-1-9-21-12)18-11-13-6-7-15(23-13)17(20)14-4-2-10-22-14/h1-10H,11H2,(H,18,19)/b8-5+. The van der Waals surface area contributed by atoms with Gasteiger partial charge in [-0.15, -0.1) is 11.3 Å². The van der Waals surface area contributed by atoms with E-state index in [1.807, 2.05) is 6.07 Å². The summed E-state index contributed by atoms with van der Waals surface area (Å²) in [6.07, 6.45) is 6.01. The van der Waals surface area contributed by atoms with E-state index in [1.165, 1.54) is 23.7 Å². The van der Waals surface area contributed by atoms with E-state index in [9.17, 15) is 9.59 Å². The van der Waals surface area contributed by atoms with Gasteiger partial charge < -0.3 is 14.2 Å². The highest BCUT2D eigenvalue weighted by Gasteiger charge is 2.14. The van der Waals surface area contributed by atoms with Crippen LogP contribution in [0, 0.1) is 0 Å². The van der Waals surface area contributed by atoms with Crippen LogP contribution < -0.4 is 5.32 Å². The van der Waals surface area contributed by atoms with E-state index in [0.717, 1.165) is 4.88 Å². The molecule has 0 atom stereocenters. The van der Waals surface area contributed by atoms with Crippen LogP contribution in [-0.2, 0) is 11.3 Å². The van der Waals surface area contributed by atoms with Crippen LogP contribution in [0.1, 0.15) is 26.1 Å². The number of amides is 1. The van der Waals surface area contributed by atoms with Crippen molar-refractivity contribution in [3.8, 4) is 0 Å². The maximum atomic E-state index is 12.1. The third-order valence-electron chi connectivity index (χ3n) is 3.01. The van der Waals surface area contributed by atoms with Crippen LogP contribution in [0.5, 0.6) is 0 Å². The van der Waals surface area contributed by atoms with Crippen LogP contribution in [0.15, 0.2) is 63.8 Å². The lowest BCUT2D eigenvalue weighted by atomic mass is 10.2. The second-order valence-electron chi connectivity index (χ2n) is 4.64. The smallest absolute Gasteiger partial charge is 0.244 e. The van der Waals surface area contributed by atoms with Crippen molar-refractivity contribution in [2.24, 2.45) is 0 Å². The van der Waals surface area contributed by atoms with Crippen molar-refractivity contribution in [1.82, 2.24) is 5.32 Å². The predicted octanol–water partition coefficient (Wildman–Crippen LogP) is 3.49. The highest BCUT2D eigenvalue weighted by molar-refractivity contribution is 7.14. The van der Waals surface area contributed by atoms with Gasteiger partial charge in [0.05, 0.1) is 23.9 Å². The van der Waals surface area contributed by atoms with Crippen molar-refractivity contribution in [3.63, 3.8) is 0 Å². The number of carbonyl (C=O) groups excluding carboxylic acids is 2. The number of hydrogen-bond acceptors (Lipinski definition) is 5. The Labute approximate surface area is 136 Å². The van der Waals surface area contributed by atoms with Crippen LogP contribution in [0.3, 0.4) is 0 Å². The van der Waals surface area contributed by atoms with Crippen molar-refractivity contribution in [2.75, 3.05) is 0 Å². The summed E-state index contributed by atoms with van der Waals surface area (Å²) in [7, 11) is 0. The second kappa shape index (κ2) is 6.93. The minimum atomic E-state index is -0.228. The Balaban J connectivity index is 1.55. The Hall–Kier alpha value is -2.86. The van der Waals surface area contributed by atoms with E-state index in [0.29, 0.717) is 22.9 Å². The van der Waals surface area contributed by atoms with Gasteiger partial charge in [0, 0.05) is 11.0 Å². The molecule has 3 aromatic heterocycles. The Morgan fingerprint density at radius 2 is 1.91 bits per heavy atom. The van der Waals surface area contributed by atoms with Crippen LogP contribution >= 0.6 is 11.3 Å². The molecular weight excluding hydrogens is 314 g/mol. The van der Waals surface area contributed by atoms with Crippen LogP contribution in [0.2, 0.25) is 0 Å². The largest absolute Gasteiger partial charge is 0.465 e. The second-order valence-corrected chi connectivity index (χ2v) is 5.81. The molecule has 0 aliphatic heterocycles. The van der Waals surface area contributed by atoms with Gasteiger partial charge in [0.25, 0.3) is 0 Å². The molecule has 23 heavy (non-hydrogen) atoms. The highest BCUT2D eigenvalue weighted by Crippen LogP contribution is 2.20. The van der Waals surface area contributed by atoms with Crippen molar-refractivity contribution in [1.29, 1.82) is 0 Å². The molecule has 0 aromatic carbocycles. The summed E-state index contributed by atoms with van der Waals surface area (Å²) in [6, 6.07) is 10.4. The molecule has 0 saturated heterocycles. The summed E-state index contributed by atoms with van der Waals surface area (Å²) in [5, 5.41) is 2.76. The van der Waals surface area contributed by atoms with Gasteiger partial charge in [0.15, 0.2) is 5.76 Å². The first-order valence-electron chi connectivity index (χ1n) is 6.89. The van der Waals surface area contributed by atoms with Crippen LogP contribution in [-0.4, -0.2) is 11.7 Å². The zero-order valence-electron chi connectivity index (χ0n) is 12.0. The van der Waals surface area contributed by atoms with Gasteiger partial charge in [-0.1, -0.05) is 0 Å². The van der Waals surface area contributed by atoms with Gasteiger partial charge in [-0.25, -0.2) is 0 Å². The normalized spacial score (nSPS) is 11.0. The Bertz CT molecular complexity index is 813. The van der Waals surface area contributed by atoms with Gasteiger partial charge in [-0.2, -0.15) is 0 Å². The summed E-state index contributed by atoms with van der Waals surface area (Å²) >= 11 is 1.33. The minimum absolute atomic E-state index is 0.157. The van der Waals surface area contributed by atoms with E-state index in [2.05, 4.69) is 5.32 Å². The number of carbonyl (C=O) groups is 2. The number of hydrogen-bond donors (Lipinski definition) is 1. The molecule has 0 unspecified atom stereocenters. The molecule has 0 aliphatic rings. The van der Waals surface area contributed by atoms with E-state index in [1.54, 1.807) is 42.7 Å². The molecule has 1 amide bonds. The molecule has 0 fully saturated rings. The molecule has 0 bridgehead atoms. The quantitative estimate of drug-likeness (QED) is 0.555. The van der Waals surface area contributed by atoms with Crippen molar-refractivity contribution < 1.29 is 18.4 Å². The zero-order valence-corrected chi connectivity index (χ0v) is 12.8. The first-order chi connectivity index (χ1) is 11.2. The number of rotatable bonds is 6. The van der Waals surface area contributed by atoms with Crippen molar-refractivity contribution >= 4 is 29.1 Å². The van der Waals surface area contributed by atoms with Gasteiger partial charge in [0.2, 0.25) is 11.7 Å². The molecule has 3 rings (SSSR count). The summed E-state index contributed by atoms with van der Waals surface area (Å²) < 4.78 is 10.2. The topological polar surface area (TPSA) is 72.5 Å². The van der Waals surface area contributed by atoms with E-state index in [4.69, 9.17) is 8.83 Å². The maximum absolute atomic E-state index is 12.1. The lowest BCUT2D eigenvalue weighted by Crippen LogP contribution is -2.19. The predicted molar refractivity (Wildman–Crippen MR) is 86.0 cm³/mol. The van der Waals surface area contributed by atoms with E-state index < -0.39 is 0 Å². The lowest BCUT2D eigenvalue weighted by Gasteiger charge is -1.98. The molecule has 3 heterocycles. The van der Waals surface area contributed by atoms with Crippen LogP contribution in [0.4, 0.5) is 0 Å².